The average molecular weight is 389 g/mol. The van der Waals surface area contributed by atoms with Crippen molar-refractivity contribution in [2.24, 2.45) is 0 Å². The number of aryl methyl sites for hydroxylation is 2. The van der Waals surface area contributed by atoms with Crippen LogP contribution in [0.4, 0.5) is 5.69 Å². The number of para-hydroxylation sites is 1. The second-order valence-electron chi connectivity index (χ2n) is 7.22. The van der Waals surface area contributed by atoms with Gasteiger partial charge in [-0.25, -0.2) is 0 Å². The number of benzene rings is 2. The Labute approximate surface area is 169 Å². The minimum atomic E-state index is -0.277. The number of fused-ring (bicyclic) bond motifs is 1. The number of ether oxygens (including phenoxy) is 1. The van der Waals surface area contributed by atoms with Crippen LogP contribution in [0.5, 0.6) is 0 Å². The minimum Gasteiger partial charge on any atom is -0.378 e. The number of carbonyl (C=O) groups is 2. The number of rotatable bonds is 3. The van der Waals surface area contributed by atoms with Gasteiger partial charge in [0.15, 0.2) is 0 Å². The highest BCUT2D eigenvalue weighted by Gasteiger charge is 2.22. The Bertz CT molecular complexity index is 1090. The van der Waals surface area contributed by atoms with E-state index in [2.05, 4.69) is 10.3 Å². The lowest BCUT2D eigenvalue weighted by atomic mass is 10.1. The maximum absolute atomic E-state index is 13.0. The van der Waals surface area contributed by atoms with Gasteiger partial charge in [-0.15, -0.1) is 0 Å². The first kappa shape index (κ1) is 19.1. The maximum Gasteiger partial charge on any atom is 0.257 e. The zero-order valence-corrected chi connectivity index (χ0v) is 16.6. The van der Waals surface area contributed by atoms with Crippen LogP contribution in [0.1, 0.15) is 32.0 Å². The van der Waals surface area contributed by atoms with Crippen molar-refractivity contribution in [2.45, 2.75) is 13.8 Å². The van der Waals surface area contributed by atoms with Crippen LogP contribution >= 0.6 is 0 Å². The summed E-state index contributed by atoms with van der Waals surface area (Å²) in [7, 11) is 0. The van der Waals surface area contributed by atoms with Crippen molar-refractivity contribution in [1.82, 2.24) is 9.88 Å². The molecule has 3 aromatic rings. The Kier molecular flexibility index (Phi) is 5.27. The molecule has 1 fully saturated rings. The first-order valence-corrected chi connectivity index (χ1v) is 9.68. The lowest BCUT2D eigenvalue weighted by Crippen LogP contribution is -2.41. The van der Waals surface area contributed by atoms with E-state index in [0.29, 0.717) is 48.8 Å². The van der Waals surface area contributed by atoms with Crippen molar-refractivity contribution in [1.29, 1.82) is 0 Å². The number of carbonyl (C=O) groups excluding carboxylic acids is 2. The molecule has 0 bridgehead atoms. The number of hydrogen-bond donors (Lipinski definition) is 1. The van der Waals surface area contributed by atoms with Crippen LogP contribution in [0.15, 0.2) is 48.5 Å². The molecule has 1 aromatic heterocycles. The van der Waals surface area contributed by atoms with E-state index < -0.39 is 0 Å². The van der Waals surface area contributed by atoms with Gasteiger partial charge in [-0.3, -0.25) is 14.6 Å². The lowest BCUT2D eigenvalue weighted by Gasteiger charge is -2.27. The van der Waals surface area contributed by atoms with Crippen LogP contribution in [0.2, 0.25) is 0 Å². The molecule has 6 heteroatoms. The van der Waals surface area contributed by atoms with Crippen molar-refractivity contribution in [3.8, 4) is 0 Å². The van der Waals surface area contributed by atoms with Gasteiger partial charge in [0.1, 0.15) is 0 Å². The van der Waals surface area contributed by atoms with Gasteiger partial charge < -0.3 is 15.0 Å². The molecule has 2 amide bonds. The van der Waals surface area contributed by atoms with E-state index in [9.17, 15) is 9.59 Å². The third kappa shape index (κ3) is 3.98. The normalized spacial score (nSPS) is 14.1. The molecule has 1 aliphatic rings. The second kappa shape index (κ2) is 8.01. The molecule has 148 valence electrons. The maximum atomic E-state index is 13.0. The van der Waals surface area contributed by atoms with E-state index in [1.54, 1.807) is 29.2 Å². The fourth-order valence-corrected chi connectivity index (χ4v) is 3.53. The molecule has 2 aromatic carbocycles. The van der Waals surface area contributed by atoms with Crippen molar-refractivity contribution < 1.29 is 14.3 Å². The summed E-state index contributed by atoms with van der Waals surface area (Å²) in [6.07, 6.45) is 0. The van der Waals surface area contributed by atoms with Gasteiger partial charge >= 0.3 is 0 Å². The molecule has 1 aliphatic heterocycles. The van der Waals surface area contributed by atoms with Gasteiger partial charge in [0.25, 0.3) is 11.8 Å². The van der Waals surface area contributed by atoms with E-state index in [4.69, 9.17) is 4.74 Å². The Balaban J connectivity index is 1.63. The summed E-state index contributed by atoms with van der Waals surface area (Å²) in [5, 5.41) is 3.82. The third-order valence-electron chi connectivity index (χ3n) is 5.11. The Morgan fingerprint density at radius 2 is 1.76 bits per heavy atom. The number of morpholine rings is 1. The summed E-state index contributed by atoms with van der Waals surface area (Å²) in [6, 6.07) is 14.9. The number of nitrogens with one attached hydrogen (secondary N) is 1. The van der Waals surface area contributed by atoms with Crippen LogP contribution in [0.25, 0.3) is 10.9 Å². The number of amides is 2. The highest BCUT2D eigenvalue weighted by Crippen LogP contribution is 2.22. The molecule has 4 rings (SSSR count). The number of hydrogen-bond acceptors (Lipinski definition) is 4. The summed E-state index contributed by atoms with van der Waals surface area (Å²) in [6.45, 7) is 5.98. The van der Waals surface area contributed by atoms with Gasteiger partial charge in [-0.2, -0.15) is 0 Å². The summed E-state index contributed by atoms with van der Waals surface area (Å²) in [4.78, 5) is 32.3. The van der Waals surface area contributed by atoms with Crippen LogP contribution in [-0.2, 0) is 4.74 Å². The molecule has 2 heterocycles. The van der Waals surface area contributed by atoms with E-state index in [1.165, 1.54) is 0 Å². The van der Waals surface area contributed by atoms with E-state index >= 15 is 0 Å². The van der Waals surface area contributed by atoms with E-state index in [0.717, 1.165) is 16.5 Å². The van der Waals surface area contributed by atoms with Crippen LogP contribution in [-0.4, -0.2) is 48.0 Å². The van der Waals surface area contributed by atoms with E-state index in [1.807, 2.05) is 38.1 Å². The number of pyridine rings is 1. The predicted molar refractivity (Wildman–Crippen MR) is 112 cm³/mol. The molecular formula is C23H23N3O3. The van der Waals surface area contributed by atoms with Crippen LogP contribution in [0.3, 0.4) is 0 Å². The van der Waals surface area contributed by atoms with Crippen molar-refractivity contribution in [2.75, 3.05) is 31.6 Å². The molecule has 0 spiro atoms. The molecule has 1 N–H and O–H groups in total. The largest absolute Gasteiger partial charge is 0.378 e. The molecule has 1 saturated heterocycles. The first-order valence-electron chi connectivity index (χ1n) is 9.68. The quantitative estimate of drug-likeness (QED) is 0.743. The standard InChI is InChI=1S/C23H23N3O3/c1-15-7-8-20-17(13-15)14-19(16(2)24-20)22(27)25-21-6-4-3-5-18(21)23(28)26-9-11-29-12-10-26/h3-8,13-14H,9-12H2,1-2H3,(H,25,27). The lowest BCUT2D eigenvalue weighted by molar-refractivity contribution is 0.0303. The Morgan fingerprint density at radius 3 is 2.55 bits per heavy atom. The molecule has 0 unspecified atom stereocenters. The summed E-state index contributed by atoms with van der Waals surface area (Å²) in [5.41, 5.74) is 4.08. The first-order chi connectivity index (χ1) is 14.0. The average Bonchev–Trinajstić information content (AvgIpc) is 2.74. The summed E-state index contributed by atoms with van der Waals surface area (Å²) >= 11 is 0. The monoisotopic (exact) mass is 389 g/mol. The topological polar surface area (TPSA) is 71.5 Å². The fraction of sp³-hybridized carbons (Fsp3) is 0.261. The Morgan fingerprint density at radius 1 is 1.00 bits per heavy atom. The highest BCUT2D eigenvalue weighted by atomic mass is 16.5. The fourth-order valence-electron chi connectivity index (χ4n) is 3.53. The van der Waals surface area contributed by atoms with Gasteiger partial charge in [0.05, 0.1) is 41.2 Å². The van der Waals surface area contributed by atoms with Gasteiger partial charge in [0, 0.05) is 18.5 Å². The van der Waals surface area contributed by atoms with Gasteiger partial charge in [-0.1, -0.05) is 23.8 Å². The van der Waals surface area contributed by atoms with Crippen molar-refractivity contribution in [3.63, 3.8) is 0 Å². The highest BCUT2D eigenvalue weighted by molar-refractivity contribution is 6.10. The second-order valence-corrected chi connectivity index (χ2v) is 7.22. The molecule has 0 aliphatic carbocycles. The van der Waals surface area contributed by atoms with Crippen LogP contribution in [0, 0.1) is 13.8 Å². The van der Waals surface area contributed by atoms with Gasteiger partial charge in [0.2, 0.25) is 0 Å². The summed E-state index contributed by atoms with van der Waals surface area (Å²) in [5.74, 6) is -0.381. The van der Waals surface area contributed by atoms with Crippen molar-refractivity contribution >= 4 is 28.4 Å². The number of nitrogens with zero attached hydrogens (tertiary/aromatic N) is 2. The zero-order chi connectivity index (χ0) is 20.4. The third-order valence-corrected chi connectivity index (χ3v) is 5.11. The minimum absolute atomic E-state index is 0.104. The number of anilines is 1. The zero-order valence-electron chi connectivity index (χ0n) is 16.6. The molecule has 6 nitrogen and oxygen atoms in total. The molecule has 0 radical (unpaired) electrons. The smallest absolute Gasteiger partial charge is 0.257 e. The predicted octanol–water partition coefficient (Wildman–Crippen LogP) is 3.58. The molecular weight excluding hydrogens is 366 g/mol. The number of aromatic nitrogens is 1. The van der Waals surface area contributed by atoms with Crippen molar-refractivity contribution in [3.05, 3.63) is 70.9 Å². The van der Waals surface area contributed by atoms with Crippen LogP contribution < -0.4 is 5.32 Å². The van der Waals surface area contributed by atoms with E-state index in [-0.39, 0.29) is 11.8 Å². The molecule has 0 atom stereocenters. The molecule has 29 heavy (non-hydrogen) atoms. The Hall–Kier alpha value is -3.25. The summed E-state index contributed by atoms with van der Waals surface area (Å²) < 4.78 is 5.32. The molecule has 0 saturated carbocycles. The van der Waals surface area contributed by atoms with Gasteiger partial charge in [-0.05, 0) is 44.2 Å². The SMILES string of the molecule is Cc1ccc2nc(C)c(C(=O)Nc3ccccc3C(=O)N3CCOCC3)cc2c1.